The largest absolute Gasteiger partial charge is 0.378 e. The summed E-state index contributed by atoms with van der Waals surface area (Å²) in [5.74, 6) is 2.18. The zero-order valence-electron chi connectivity index (χ0n) is 14.5. The molecule has 2 aliphatic heterocycles. The third kappa shape index (κ3) is 2.49. The quantitative estimate of drug-likeness (QED) is 0.827. The van der Waals surface area contributed by atoms with Crippen molar-refractivity contribution in [3.63, 3.8) is 0 Å². The van der Waals surface area contributed by atoms with E-state index in [9.17, 15) is 4.79 Å². The van der Waals surface area contributed by atoms with Gasteiger partial charge in [0.05, 0.1) is 18.6 Å². The fourth-order valence-corrected chi connectivity index (χ4v) is 4.43. The second-order valence-corrected chi connectivity index (χ2v) is 7.62. The molecule has 3 aliphatic rings. The van der Waals surface area contributed by atoms with Crippen LogP contribution < -0.4 is 0 Å². The molecule has 0 aromatic carbocycles. The van der Waals surface area contributed by atoms with Crippen molar-refractivity contribution in [2.75, 3.05) is 39.4 Å². The molecule has 0 spiro atoms. The van der Waals surface area contributed by atoms with E-state index in [1.165, 1.54) is 6.42 Å². The smallest absolute Gasteiger partial charge is 0.320 e. The summed E-state index contributed by atoms with van der Waals surface area (Å²) in [4.78, 5) is 21.4. The lowest BCUT2D eigenvalue weighted by molar-refractivity contribution is 0.0444. The highest BCUT2D eigenvalue weighted by Crippen LogP contribution is 2.49. The summed E-state index contributed by atoms with van der Waals surface area (Å²) < 4.78 is 10.8. The number of carbonyl (C=O) groups is 1. The summed E-state index contributed by atoms with van der Waals surface area (Å²) >= 11 is 0. The Morgan fingerprint density at radius 1 is 1.29 bits per heavy atom. The van der Waals surface area contributed by atoms with Crippen molar-refractivity contribution >= 4 is 6.03 Å². The Bertz CT molecular complexity index is 611. The van der Waals surface area contributed by atoms with E-state index in [1.54, 1.807) is 0 Å². The highest BCUT2D eigenvalue weighted by molar-refractivity contribution is 5.75. The van der Waals surface area contributed by atoms with Crippen LogP contribution in [0.2, 0.25) is 0 Å². The van der Waals surface area contributed by atoms with Crippen LogP contribution in [0.25, 0.3) is 0 Å². The molecule has 2 saturated heterocycles. The van der Waals surface area contributed by atoms with Gasteiger partial charge in [0.25, 0.3) is 0 Å². The highest BCUT2D eigenvalue weighted by Gasteiger charge is 2.55. The van der Waals surface area contributed by atoms with Gasteiger partial charge in [0, 0.05) is 32.1 Å². The molecule has 132 valence electrons. The Balaban J connectivity index is 1.55. The number of morpholine rings is 1. The summed E-state index contributed by atoms with van der Waals surface area (Å²) in [6.07, 6.45) is 3.36. The van der Waals surface area contributed by atoms with E-state index in [1.807, 2.05) is 9.80 Å². The lowest BCUT2D eigenvalue weighted by Crippen LogP contribution is -2.48. The molecule has 0 radical (unpaired) electrons. The maximum atomic E-state index is 12.9. The van der Waals surface area contributed by atoms with Crippen LogP contribution in [0.3, 0.4) is 0 Å². The summed E-state index contributed by atoms with van der Waals surface area (Å²) in [5.41, 5.74) is -0.113. The average molecular weight is 334 g/mol. The van der Waals surface area contributed by atoms with Crippen molar-refractivity contribution in [1.82, 2.24) is 19.9 Å². The van der Waals surface area contributed by atoms with E-state index >= 15 is 0 Å². The Hall–Kier alpha value is -1.63. The molecular formula is C17H26N4O3. The second-order valence-electron chi connectivity index (χ2n) is 7.62. The Kier molecular flexibility index (Phi) is 3.98. The summed E-state index contributed by atoms with van der Waals surface area (Å²) in [7, 11) is 0. The molecule has 1 aromatic heterocycles. The van der Waals surface area contributed by atoms with Gasteiger partial charge >= 0.3 is 6.03 Å². The van der Waals surface area contributed by atoms with Gasteiger partial charge < -0.3 is 19.1 Å². The van der Waals surface area contributed by atoms with Crippen molar-refractivity contribution in [3.05, 3.63) is 11.7 Å². The number of fused-ring (bicyclic) bond motifs is 1. The zero-order chi connectivity index (χ0) is 16.7. The summed E-state index contributed by atoms with van der Waals surface area (Å²) in [6.45, 7) is 8.29. The molecule has 3 fully saturated rings. The number of likely N-dealkylation sites (tertiary alicyclic amines) is 1. The topological polar surface area (TPSA) is 71.7 Å². The number of urea groups is 1. The van der Waals surface area contributed by atoms with Crippen LogP contribution in [-0.2, 0) is 10.2 Å². The molecule has 4 rings (SSSR count). The summed E-state index contributed by atoms with van der Waals surface area (Å²) in [5, 5.41) is 4.30. The predicted molar refractivity (Wildman–Crippen MR) is 86.8 cm³/mol. The molecule has 2 amide bonds. The summed E-state index contributed by atoms with van der Waals surface area (Å²) in [6, 6.07) is 0.139. The van der Waals surface area contributed by atoms with Crippen LogP contribution in [-0.4, -0.2) is 65.4 Å². The predicted octanol–water partition coefficient (Wildman–Crippen LogP) is 2.00. The maximum Gasteiger partial charge on any atom is 0.320 e. The van der Waals surface area contributed by atoms with Gasteiger partial charge in [-0.2, -0.15) is 4.98 Å². The number of nitrogens with zero attached hydrogens (tertiary/aromatic N) is 4. The third-order valence-electron chi connectivity index (χ3n) is 5.80. The molecule has 1 aromatic rings. The van der Waals surface area contributed by atoms with Crippen molar-refractivity contribution in [2.45, 2.75) is 44.4 Å². The Morgan fingerprint density at radius 2 is 2.08 bits per heavy atom. The molecule has 1 aliphatic carbocycles. The number of rotatable bonds is 2. The lowest BCUT2D eigenvalue weighted by atomic mass is 9.80. The number of hydrogen-bond donors (Lipinski definition) is 0. The van der Waals surface area contributed by atoms with Crippen LogP contribution in [0, 0.1) is 5.92 Å². The van der Waals surface area contributed by atoms with Gasteiger partial charge in [0.2, 0.25) is 5.89 Å². The first kappa shape index (κ1) is 15.9. The first-order valence-electron chi connectivity index (χ1n) is 9.06. The second kappa shape index (κ2) is 6.02. The lowest BCUT2D eigenvalue weighted by Gasteiger charge is -2.32. The van der Waals surface area contributed by atoms with Gasteiger partial charge in [0.1, 0.15) is 0 Å². The van der Waals surface area contributed by atoms with Crippen LogP contribution in [0.15, 0.2) is 4.52 Å². The third-order valence-corrected chi connectivity index (χ3v) is 5.80. The minimum atomic E-state index is -0.113. The molecule has 7 nitrogen and oxygen atoms in total. The van der Waals surface area contributed by atoms with Crippen molar-refractivity contribution in [1.29, 1.82) is 0 Å². The number of carbonyl (C=O) groups excluding carboxylic acids is 1. The van der Waals surface area contributed by atoms with Crippen LogP contribution in [0.1, 0.15) is 50.7 Å². The molecule has 3 heterocycles. The fraction of sp³-hybridized carbons (Fsp3) is 0.824. The van der Waals surface area contributed by atoms with E-state index in [4.69, 9.17) is 9.26 Å². The molecule has 2 unspecified atom stereocenters. The molecule has 7 heteroatoms. The van der Waals surface area contributed by atoms with Gasteiger partial charge in [-0.1, -0.05) is 25.4 Å². The molecule has 0 bridgehead atoms. The van der Waals surface area contributed by atoms with E-state index in [2.05, 4.69) is 24.0 Å². The highest BCUT2D eigenvalue weighted by atomic mass is 16.5. The van der Waals surface area contributed by atoms with Gasteiger partial charge in [-0.25, -0.2) is 4.79 Å². The van der Waals surface area contributed by atoms with Gasteiger partial charge in [-0.3, -0.25) is 0 Å². The average Bonchev–Trinajstić information content (AvgIpc) is 3.28. The number of amides is 2. The normalized spacial score (nSPS) is 30.2. The van der Waals surface area contributed by atoms with Crippen LogP contribution in [0.5, 0.6) is 0 Å². The first-order valence-corrected chi connectivity index (χ1v) is 9.06. The fourth-order valence-electron chi connectivity index (χ4n) is 4.43. The van der Waals surface area contributed by atoms with E-state index in [0.717, 1.165) is 25.2 Å². The monoisotopic (exact) mass is 334 g/mol. The SMILES string of the molecule is CC(C)c1nc(C23CCCC2CN(C(=O)N2CCOCC2)C3)no1. The number of aromatic nitrogens is 2. The number of hydrogen-bond acceptors (Lipinski definition) is 5. The van der Waals surface area contributed by atoms with Crippen LogP contribution >= 0.6 is 0 Å². The van der Waals surface area contributed by atoms with Crippen molar-refractivity contribution in [3.8, 4) is 0 Å². The maximum absolute atomic E-state index is 12.9. The molecular weight excluding hydrogens is 308 g/mol. The zero-order valence-corrected chi connectivity index (χ0v) is 14.5. The van der Waals surface area contributed by atoms with Gasteiger partial charge in [-0.15, -0.1) is 0 Å². The van der Waals surface area contributed by atoms with Crippen molar-refractivity contribution < 1.29 is 14.1 Å². The standard InChI is InChI=1S/C17H26N4O3/c1-12(2)14-18-15(19-24-14)17-5-3-4-13(17)10-21(11-17)16(22)20-6-8-23-9-7-20/h12-13H,3-11H2,1-2H3. The van der Waals surface area contributed by atoms with Crippen molar-refractivity contribution in [2.24, 2.45) is 5.92 Å². The van der Waals surface area contributed by atoms with Gasteiger partial charge in [0.15, 0.2) is 5.82 Å². The number of ether oxygens (including phenoxy) is 1. The molecule has 0 N–H and O–H groups in total. The van der Waals surface area contributed by atoms with Gasteiger partial charge in [-0.05, 0) is 18.8 Å². The molecule has 24 heavy (non-hydrogen) atoms. The minimum Gasteiger partial charge on any atom is -0.378 e. The van der Waals surface area contributed by atoms with Crippen LogP contribution in [0.4, 0.5) is 4.79 Å². The molecule has 1 saturated carbocycles. The minimum absolute atomic E-state index is 0.113. The Labute approximate surface area is 142 Å². The van der Waals surface area contributed by atoms with E-state index in [0.29, 0.717) is 44.7 Å². The van der Waals surface area contributed by atoms with E-state index < -0.39 is 0 Å². The Morgan fingerprint density at radius 3 is 2.79 bits per heavy atom. The molecule has 2 atom stereocenters. The van der Waals surface area contributed by atoms with E-state index in [-0.39, 0.29) is 17.4 Å². The first-order chi connectivity index (χ1) is 11.6.